The van der Waals surface area contributed by atoms with E-state index in [1.54, 1.807) is 31.2 Å². The standard InChI is InChI=1S/C20H20N2O8/c1-2-28-17-6-4-3-5-16(17)20(24)21-9-18(23)29-11-14-8-15(22(25)26)7-13-10-27-12-30-19(13)14/h3-8H,2,9-12H2,1H3,(H,21,24). The lowest BCUT2D eigenvalue weighted by atomic mass is 10.1. The number of hydrogen-bond acceptors (Lipinski definition) is 8. The number of carbonyl (C=O) groups is 2. The molecule has 1 N–H and O–H groups in total. The predicted octanol–water partition coefficient (Wildman–Crippen LogP) is 2.33. The molecular formula is C20H20N2O8. The fourth-order valence-corrected chi connectivity index (χ4v) is 2.89. The second-order valence-corrected chi connectivity index (χ2v) is 6.23. The summed E-state index contributed by atoms with van der Waals surface area (Å²) in [6.45, 7) is 1.74. The van der Waals surface area contributed by atoms with Crippen molar-refractivity contribution in [3.8, 4) is 11.5 Å². The van der Waals surface area contributed by atoms with Crippen molar-refractivity contribution in [2.24, 2.45) is 0 Å². The zero-order valence-electron chi connectivity index (χ0n) is 16.2. The number of nitro benzene ring substituents is 1. The maximum absolute atomic E-state index is 12.3. The predicted molar refractivity (Wildman–Crippen MR) is 103 cm³/mol. The van der Waals surface area contributed by atoms with Gasteiger partial charge in [-0.05, 0) is 19.1 Å². The number of nitrogens with zero attached hydrogens (tertiary/aromatic N) is 1. The molecule has 0 atom stereocenters. The van der Waals surface area contributed by atoms with Gasteiger partial charge in [0.05, 0.1) is 23.7 Å². The van der Waals surface area contributed by atoms with Crippen LogP contribution in [0, 0.1) is 10.1 Å². The van der Waals surface area contributed by atoms with Crippen molar-refractivity contribution in [1.29, 1.82) is 0 Å². The first kappa shape index (κ1) is 21.1. The topological polar surface area (TPSA) is 126 Å². The summed E-state index contributed by atoms with van der Waals surface area (Å²) in [6, 6.07) is 9.31. The number of nitro groups is 1. The molecule has 0 saturated carbocycles. The smallest absolute Gasteiger partial charge is 0.325 e. The third kappa shape index (κ3) is 5.03. The van der Waals surface area contributed by atoms with Crippen molar-refractivity contribution in [1.82, 2.24) is 5.32 Å². The normalized spacial score (nSPS) is 12.3. The molecule has 0 saturated heterocycles. The lowest BCUT2D eigenvalue weighted by Crippen LogP contribution is -2.31. The van der Waals surface area contributed by atoms with Crippen molar-refractivity contribution in [2.45, 2.75) is 20.1 Å². The molecule has 2 aromatic carbocycles. The summed E-state index contributed by atoms with van der Waals surface area (Å²) in [5.74, 6) is -0.378. The van der Waals surface area contributed by atoms with E-state index in [2.05, 4.69) is 5.32 Å². The lowest BCUT2D eigenvalue weighted by Gasteiger charge is -2.20. The van der Waals surface area contributed by atoms with Crippen LogP contribution in [-0.2, 0) is 27.5 Å². The first-order valence-corrected chi connectivity index (χ1v) is 9.16. The molecule has 10 nitrogen and oxygen atoms in total. The van der Waals surface area contributed by atoms with Gasteiger partial charge >= 0.3 is 5.97 Å². The second-order valence-electron chi connectivity index (χ2n) is 6.23. The quantitative estimate of drug-likeness (QED) is 0.395. The van der Waals surface area contributed by atoms with Crippen LogP contribution in [0.2, 0.25) is 0 Å². The molecule has 1 aliphatic heterocycles. The largest absolute Gasteiger partial charge is 0.493 e. The van der Waals surface area contributed by atoms with Crippen LogP contribution in [0.5, 0.6) is 11.5 Å². The summed E-state index contributed by atoms with van der Waals surface area (Å²) in [4.78, 5) is 35.0. The Hall–Kier alpha value is -3.66. The minimum atomic E-state index is -0.704. The molecule has 0 spiro atoms. The molecule has 0 aromatic heterocycles. The highest BCUT2D eigenvalue weighted by Crippen LogP contribution is 2.33. The summed E-state index contributed by atoms with van der Waals surface area (Å²) in [5, 5.41) is 13.6. The number of carbonyl (C=O) groups excluding carboxylic acids is 2. The molecule has 0 fully saturated rings. The molecule has 0 bridgehead atoms. The first-order chi connectivity index (χ1) is 14.5. The number of para-hydroxylation sites is 1. The fraction of sp³-hybridized carbons (Fsp3) is 0.300. The Kier molecular flexibility index (Phi) is 6.81. The van der Waals surface area contributed by atoms with E-state index >= 15 is 0 Å². The molecular weight excluding hydrogens is 396 g/mol. The van der Waals surface area contributed by atoms with E-state index in [1.165, 1.54) is 12.1 Å². The van der Waals surface area contributed by atoms with E-state index in [1.807, 2.05) is 0 Å². The van der Waals surface area contributed by atoms with Gasteiger partial charge in [0.1, 0.15) is 24.7 Å². The molecule has 158 valence electrons. The second kappa shape index (κ2) is 9.70. The number of rotatable bonds is 8. The Labute approximate surface area is 171 Å². The highest BCUT2D eigenvalue weighted by molar-refractivity contribution is 5.98. The highest BCUT2D eigenvalue weighted by atomic mass is 16.7. The average molecular weight is 416 g/mol. The SMILES string of the molecule is CCOc1ccccc1C(=O)NCC(=O)OCc1cc([N+](=O)[O-])cc2c1OCOC2. The Morgan fingerprint density at radius 3 is 2.83 bits per heavy atom. The van der Waals surface area contributed by atoms with E-state index in [-0.39, 0.29) is 32.2 Å². The van der Waals surface area contributed by atoms with E-state index in [0.29, 0.717) is 34.8 Å². The third-order valence-electron chi connectivity index (χ3n) is 4.20. The summed E-state index contributed by atoms with van der Waals surface area (Å²) in [6.07, 6.45) is 0. The Morgan fingerprint density at radius 2 is 2.07 bits per heavy atom. The van der Waals surface area contributed by atoms with Gasteiger partial charge in [-0.2, -0.15) is 0 Å². The van der Waals surface area contributed by atoms with Crippen LogP contribution in [-0.4, -0.2) is 36.7 Å². The molecule has 1 aliphatic rings. The van der Waals surface area contributed by atoms with Crippen LogP contribution in [0.4, 0.5) is 5.69 Å². The first-order valence-electron chi connectivity index (χ1n) is 9.16. The number of amides is 1. The van der Waals surface area contributed by atoms with Gasteiger partial charge in [-0.1, -0.05) is 12.1 Å². The number of hydrogen-bond donors (Lipinski definition) is 1. The maximum Gasteiger partial charge on any atom is 0.325 e. The average Bonchev–Trinajstić information content (AvgIpc) is 2.76. The lowest BCUT2D eigenvalue weighted by molar-refractivity contribution is -0.385. The van der Waals surface area contributed by atoms with Gasteiger partial charge in [0, 0.05) is 23.3 Å². The molecule has 0 radical (unpaired) electrons. The van der Waals surface area contributed by atoms with E-state index in [4.69, 9.17) is 18.9 Å². The van der Waals surface area contributed by atoms with Crippen molar-refractivity contribution < 1.29 is 33.5 Å². The minimum Gasteiger partial charge on any atom is -0.493 e. The summed E-state index contributed by atoms with van der Waals surface area (Å²) in [7, 11) is 0. The van der Waals surface area contributed by atoms with Gasteiger partial charge < -0.3 is 24.3 Å². The van der Waals surface area contributed by atoms with Crippen LogP contribution in [0.1, 0.15) is 28.4 Å². The fourth-order valence-electron chi connectivity index (χ4n) is 2.89. The molecule has 3 rings (SSSR count). The number of benzene rings is 2. The van der Waals surface area contributed by atoms with Crippen molar-refractivity contribution in [2.75, 3.05) is 19.9 Å². The number of esters is 1. The summed E-state index contributed by atoms with van der Waals surface area (Å²) >= 11 is 0. The maximum atomic E-state index is 12.3. The molecule has 0 aliphatic carbocycles. The Morgan fingerprint density at radius 1 is 1.27 bits per heavy atom. The Bertz CT molecular complexity index is 960. The number of nitrogens with one attached hydrogen (secondary N) is 1. The van der Waals surface area contributed by atoms with Gasteiger partial charge in [-0.3, -0.25) is 19.7 Å². The highest BCUT2D eigenvalue weighted by Gasteiger charge is 2.22. The van der Waals surface area contributed by atoms with Crippen LogP contribution >= 0.6 is 0 Å². The van der Waals surface area contributed by atoms with Crippen LogP contribution < -0.4 is 14.8 Å². The zero-order chi connectivity index (χ0) is 21.5. The van der Waals surface area contributed by atoms with Crippen molar-refractivity contribution in [3.63, 3.8) is 0 Å². The zero-order valence-corrected chi connectivity index (χ0v) is 16.2. The third-order valence-corrected chi connectivity index (χ3v) is 4.20. The van der Waals surface area contributed by atoms with Gasteiger partial charge in [0.2, 0.25) is 0 Å². The molecule has 10 heteroatoms. The van der Waals surface area contributed by atoms with Gasteiger partial charge in [-0.25, -0.2) is 0 Å². The van der Waals surface area contributed by atoms with Crippen molar-refractivity contribution >= 4 is 17.6 Å². The van der Waals surface area contributed by atoms with Gasteiger partial charge in [0.15, 0.2) is 6.79 Å². The Balaban J connectivity index is 1.61. The minimum absolute atomic E-state index is 0.00105. The summed E-state index contributed by atoms with van der Waals surface area (Å²) in [5.41, 5.74) is 0.995. The molecule has 0 unspecified atom stereocenters. The molecule has 2 aromatic rings. The van der Waals surface area contributed by atoms with E-state index < -0.39 is 16.8 Å². The number of ether oxygens (including phenoxy) is 4. The van der Waals surface area contributed by atoms with E-state index in [0.717, 1.165) is 0 Å². The van der Waals surface area contributed by atoms with Crippen LogP contribution in [0.15, 0.2) is 36.4 Å². The van der Waals surface area contributed by atoms with Crippen LogP contribution in [0.25, 0.3) is 0 Å². The van der Waals surface area contributed by atoms with E-state index in [9.17, 15) is 19.7 Å². The van der Waals surface area contributed by atoms with Gasteiger partial charge in [0.25, 0.3) is 11.6 Å². The molecule has 1 amide bonds. The number of non-ortho nitro benzene ring substituents is 1. The summed E-state index contributed by atoms with van der Waals surface area (Å²) < 4.78 is 21.1. The monoisotopic (exact) mass is 416 g/mol. The van der Waals surface area contributed by atoms with Crippen molar-refractivity contribution in [3.05, 3.63) is 63.2 Å². The number of fused-ring (bicyclic) bond motifs is 1. The van der Waals surface area contributed by atoms with Gasteiger partial charge in [-0.15, -0.1) is 0 Å². The molecule has 1 heterocycles. The molecule has 30 heavy (non-hydrogen) atoms. The van der Waals surface area contributed by atoms with Crippen LogP contribution in [0.3, 0.4) is 0 Å².